The second-order valence-electron chi connectivity index (χ2n) is 6.20. The largest absolute Gasteiger partial charge is 0.478 e. The van der Waals surface area contributed by atoms with E-state index in [1.165, 1.54) is 0 Å². The van der Waals surface area contributed by atoms with Gasteiger partial charge in [0.2, 0.25) is 6.10 Å². The van der Waals surface area contributed by atoms with Crippen LogP contribution in [0.25, 0.3) is 17.2 Å². The highest BCUT2D eigenvalue weighted by Crippen LogP contribution is 2.40. The molecule has 26 heavy (non-hydrogen) atoms. The lowest BCUT2D eigenvalue weighted by atomic mass is 9.93. The van der Waals surface area contributed by atoms with Crippen molar-refractivity contribution in [3.05, 3.63) is 58.7 Å². The van der Waals surface area contributed by atoms with E-state index in [9.17, 15) is 18.0 Å². The number of hydrogen-bond acceptors (Lipinski definition) is 2. The molecule has 1 heterocycles. The van der Waals surface area contributed by atoms with Crippen LogP contribution in [-0.4, -0.2) is 23.4 Å². The first kappa shape index (κ1) is 18.0. The molecule has 136 valence electrons. The number of carboxylic acids is 1. The van der Waals surface area contributed by atoms with Crippen LogP contribution in [0.3, 0.4) is 0 Å². The molecule has 1 N–H and O–H groups in total. The van der Waals surface area contributed by atoms with Gasteiger partial charge < -0.3 is 9.84 Å². The van der Waals surface area contributed by atoms with Crippen LogP contribution in [0.2, 0.25) is 0 Å². The molecular weight excluding hydrogens is 345 g/mol. The highest BCUT2D eigenvalue weighted by molar-refractivity contribution is 5.95. The van der Waals surface area contributed by atoms with Crippen molar-refractivity contribution in [3.63, 3.8) is 0 Å². The molecule has 2 aromatic carbocycles. The first-order chi connectivity index (χ1) is 12.2. The highest BCUT2D eigenvalue weighted by Gasteiger charge is 2.48. The van der Waals surface area contributed by atoms with E-state index in [2.05, 4.69) is 0 Å². The Morgan fingerprint density at radius 3 is 2.38 bits per heavy atom. The second-order valence-corrected chi connectivity index (χ2v) is 6.20. The second kappa shape index (κ2) is 6.52. The number of benzene rings is 2. The number of aliphatic carboxylic acids is 1. The molecule has 0 aliphatic carbocycles. The average Bonchev–Trinajstić information content (AvgIpc) is 2.59. The number of aryl methyl sites for hydroxylation is 2. The first-order valence-electron chi connectivity index (χ1n) is 8.13. The number of fused-ring (bicyclic) bond motifs is 1. The fraction of sp³-hybridized carbons (Fsp3) is 0.250. The highest BCUT2D eigenvalue weighted by atomic mass is 19.4. The van der Waals surface area contributed by atoms with E-state index in [4.69, 9.17) is 9.84 Å². The number of carbonyl (C=O) groups is 1. The quantitative estimate of drug-likeness (QED) is 0.834. The topological polar surface area (TPSA) is 46.5 Å². The van der Waals surface area contributed by atoms with Crippen molar-refractivity contribution >= 4 is 12.0 Å². The monoisotopic (exact) mass is 362 g/mol. The Bertz CT molecular complexity index is 880. The Morgan fingerprint density at radius 1 is 1.19 bits per heavy atom. The van der Waals surface area contributed by atoms with Crippen LogP contribution in [0.5, 0.6) is 5.75 Å². The molecule has 1 atom stereocenters. The van der Waals surface area contributed by atoms with Gasteiger partial charge in [0, 0.05) is 5.56 Å². The normalized spacial score (nSPS) is 16.5. The van der Waals surface area contributed by atoms with Crippen molar-refractivity contribution in [2.75, 3.05) is 0 Å². The van der Waals surface area contributed by atoms with Gasteiger partial charge >= 0.3 is 12.1 Å². The molecule has 0 bridgehead atoms. The van der Waals surface area contributed by atoms with Crippen molar-refractivity contribution in [2.24, 2.45) is 0 Å². The molecule has 0 saturated heterocycles. The summed E-state index contributed by atoms with van der Waals surface area (Å²) in [7, 11) is 0. The zero-order chi connectivity index (χ0) is 19.1. The maximum atomic E-state index is 13.2. The minimum absolute atomic E-state index is 0.0255. The molecule has 2 aromatic rings. The summed E-state index contributed by atoms with van der Waals surface area (Å²) in [5.41, 5.74) is 3.11. The van der Waals surface area contributed by atoms with Crippen LogP contribution in [-0.2, 0) is 11.2 Å². The molecule has 3 rings (SSSR count). The van der Waals surface area contributed by atoms with Gasteiger partial charge in [-0.3, -0.25) is 0 Å². The van der Waals surface area contributed by atoms with Crippen molar-refractivity contribution in [2.45, 2.75) is 32.5 Å². The van der Waals surface area contributed by atoms with Crippen LogP contribution < -0.4 is 4.74 Å². The zero-order valence-electron chi connectivity index (χ0n) is 14.2. The van der Waals surface area contributed by atoms with Crippen LogP contribution in [0.1, 0.15) is 23.6 Å². The number of halogens is 3. The molecule has 0 amide bonds. The van der Waals surface area contributed by atoms with Crippen molar-refractivity contribution in [1.82, 2.24) is 0 Å². The number of carboxylic acid groups (broad SMARTS) is 1. The molecule has 0 aromatic heterocycles. The SMILES string of the molecule is CCc1ccc(-c2cc3c(cc2C)C=C(C(=O)O)C(C(F)(F)F)O3)cc1. The third-order valence-electron chi connectivity index (χ3n) is 4.41. The van der Waals surface area contributed by atoms with E-state index >= 15 is 0 Å². The fourth-order valence-electron chi connectivity index (χ4n) is 3.01. The summed E-state index contributed by atoms with van der Waals surface area (Å²) in [4.78, 5) is 11.2. The number of rotatable bonds is 3. The Hall–Kier alpha value is -2.76. The van der Waals surface area contributed by atoms with Crippen LogP contribution in [0.15, 0.2) is 42.0 Å². The Balaban J connectivity index is 2.09. The van der Waals surface area contributed by atoms with E-state index in [0.29, 0.717) is 5.56 Å². The molecule has 6 heteroatoms. The van der Waals surface area contributed by atoms with Crippen molar-refractivity contribution in [3.8, 4) is 16.9 Å². The average molecular weight is 362 g/mol. The van der Waals surface area contributed by atoms with Gasteiger partial charge in [-0.15, -0.1) is 0 Å². The predicted octanol–water partition coefficient (Wildman–Crippen LogP) is 5.02. The summed E-state index contributed by atoms with van der Waals surface area (Å²) in [5, 5.41) is 9.10. The molecule has 0 spiro atoms. The van der Waals surface area contributed by atoms with E-state index in [-0.39, 0.29) is 5.75 Å². The van der Waals surface area contributed by atoms with E-state index < -0.39 is 23.8 Å². The Morgan fingerprint density at radius 2 is 1.85 bits per heavy atom. The smallest absolute Gasteiger partial charge is 0.430 e. The van der Waals surface area contributed by atoms with Gasteiger partial charge in [-0.25, -0.2) is 4.79 Å². The lowest BCUT2D eigenvalue weighted by molar-refractivity contribution is -0.187. The Labute approximate surface area is 148 Å². The van der Waals surface area contributed by atoms with Crippen molar-refractivity contribution < 1.29 is 27.8 Å². The molecule has 1 aliphatic heterocycles. The fourth-order valence-corrected chi connectivity index (χ4v) is 3.01. The van der Waals surface area contributed by atoms with E-state index in [0.717, 1.165) is 34.8 Å². The van der Waals surface area contributed by atoms with Gasteiger partial charge in [-0.05, 0) is 53.8 Å². The maximum Gasteiger partial charge on any atom is 0.430 e. The number of alkyl halides is 3. The molecule has 1 unspecified atom stereocenters. The summed E-state index contributed by atoms with van der Waals surface area (Å²) in [5.74, 6) is -1.62. The number of ether oxygens (including phenoxy) is 1. The molecular formula is C20H17F3O3. The third-order valence-corrected chi connectivity index (χ3v) is 4.41. The summed E-state index contributed by atoms with van der Waals surface area (Å²) in [6, 6.07) is 11.0. The lowest BCUT2D eigenvalue weighted by Gasteiger charge is -2.27. The van der Waals surface area contributed by atoms with Crippen LogP contribution in [0, 0.1) is 6.92 Å². The summed E-state index contributed by atoms with van der Waals surface area (Å²) < 4.78 is 44.7. The summed E-state index contributed by atoms with van der Waals surface area (Å²) in [6.45, 7) is 3.87. The minimum atomic E-state index is -4.81. The van der Waals surface area contributed by atoms with Gasteiger partial charge in [0.05, 0.1) is 5.57 Å². The van der Waals surface area contributed by atoms with Gasteiger partial charge in [0.25, 0.3) is 0 Å². The van der Waals surface area contributed by atoms with Gasteiger partial charge in [-0.1, -0.05) is 31.2 Å². The lowest BCUT2D eigenvalue weighted by Crippen LogP contribution is -2.40. The molecule has 0 saturated carbocycles. The third kappa shape index (κ3) is 3.31. The zero-order valence-corrected chi connectivity index (χ0v) is 14.2. The predicted molar refractivity (Wildman–Crippen MR) is 92.1 cm³/mol. The summed E-state index contributed by atoms with van der Waals surface area (Å²) in [6.07, 6.45) is -5.36. The maximum absolute atomic E-state index is 13.2. The standard InChI is InChI=1S/C20H17F3O3/c1-3-12-4-6-13(7-5-12)15-10-17-14(8-11(15)2)9-16(19(24)25)18(26-17)20(21,22)23/h4-10,18H,3H2,1-2H3,(H,24,25). The summed E-state index contributed by atoms with van der Waals surface area (Å²) >= 11 is 0. The Kier molecular flexibility index (Phi) is 4.52. The first-order valence-corrected chi connectivity index (χ1v) is 8.13. The van der Waals surface area contributed by atoms with Gasteiger partial charge in [0.1, 0.15) is 5.75 Å². The molecule has 3 nitrogen and oxygen atoms in total. The van der Waals surface area contributed by atoms with Crippen LogP contribution in [0.4, 0.5) is 13.2 Å². The van der Waals surface area contributed by atoms with E-state index in [1.807, 2.05) is 38.1 Å². The molecule has 0 fully saturated rings. The minimum Gasteiger partial charge on any atom is -0.478 e. The van der Waals surface area contributed by atoms with Gasteiger partial charge in [0.15, 0.2) is 0 Å². The molecule has 0 radical (unpaired) electrons. The van der Waals surface area contributed by atoms with E-state index in [1.54, 1.807) is 12.1 Å². The molecule has 1 aliphatic rings. The number of hydrogen-bond donors (Lipinski definition) is 1. The van der Waals surface area contributed by atoms with Crippen LogP contribution >= 0.6 is 0 Å². The van der Waals surface area contributed by atoms with Gasteiger partial charge in [-0.2, -0.15) is 13.2 Å². The van der Waals surface area contributed by atoms with Crippen molar-refractivity contribution in [1.29, 1.82) is 0 Å².